The second kappa shape index (κ2) is 9.30. The number of ether oxygens (including phenoxy) is 1. The Balaban J connectivity index is 1.37. The van der Waals surface area contributed by atoms with Gasteiger partial charge in [-0.2, -0.15) is 0 Å². The third kappa shape index (κ3) is 4.92. The summed E-state index contributed by atoms with van der Waals surface area (Å²) >= 11 is 0. The topological polar surface area (TPSA) is 101 Å². The molecule has 2 heterocycles. The van der Waals surface area contributed by atoms with Crippen molar-refractivity contribution < 1.29 is 19.1 Å². The molecule has 2 aromatic carbocycles. The van der Waals surface area contributed by atoms with E-state index >= 15 is 0 Å². The van der Waals surface area contributed by atoms with E-state index < -0.39 is 6.03 Å². The number of hydrogen-bond acceptors (Lipinski definition) is 5. The zero-order valence-corrected chi connectivity index (χ0v) is 17.4. The molecule has 32 heavy (non-hydrogen) atoms. The summed E-state index contributed by atoms with van der Waals surface area (Å²) in [6.45, 7) is 2.08. The maximum absolute atomic E-state index is 12.6. The molecule has 1 saturated heterocycles. The van der Waals surface area contributed by atoms with E-state index in [1.165, 1.54) is 6.20 Å². The zero-order valence-electron chi connectivity index (χ0n) is 17.4. The van der Waals surface area contributed by atoms with Gasteiger partial charge >= 0.3 is 6.03 Å². The van der Waals surface area contributed by atoms with E-state index in [0.29, 0.717) is 17.1 Å². The summed E-state index contributed by atoms with van der Waals surface area (Å²) < 4.78 is 5.84. The SMILES string of the molecule is C[C@@H](Oc1ccc(C(=O)Nc2cccc(CN3C(=O)CNC3=O)c2)cn1)c1ccccc1. The van der Waals surface area contributed by atoms with Crippen LogP contribution in [0.25, 0.3) is 0 Å². The van der Waals surface area contributed by atoms with Crippen molar-refractivity contribution in [3.05, 3.63) is 89.6 Å². The summed E-state index contributed by atoms with van der Waals surface area (Å²) in [4.78, 5) is 41.5. The van der Waals surface area contributed by atoms with E-state index in [1.54, 1.807) is 36.4 Å². The lowest BCUT2D eigenvalue weighted by Gasteiger charge is -2.14. The fourth-order valence-electron chi connectivity index (χ4n) is 3.31. The number of hydrogen-bond donors (Lipinski definition) is 2. The van der Waals surface area contributed by atoms with Crippen LogP contribution in [0.2, 0.25) is 0 Å². The molecule has 2 N–H and O–H groups in total. The molecular formula is C24H22N4O4. The molecule has 0 saturated carbocycles. The van der Waals surface area contributed by atoms with Gasteiger partial charge in [0, 0.05) is 18.0 Å². The van der Waals surface area contributed by atoms with Crippen molar-refractivity contribution in [1.29, 1.82) is 0 Å². The Bertz CT molecular complexity index is 1120. The minimum absolute atomic E-state index is 0.00605. The monoisotopic (exact) mass is 430 g/mol. The van der Waals surface area contributed by atoms with Crippen LogP contribution in [0, 0.1) is 0 Å². The molecule has 3 aromatic rings. The number of amides is 4. The molecule has 0 aliphatic carbocycles. The molecule has 4 amide bonds. The Morgan fingerprint density at radius 2 is 1.94 bits per heavy atom. The normalized spacial score (nSPS) is 14.1. The van der Waals surface area contributed by atoms with Crippen LogP contribution >= 0.6 is 0 Å². The van der Waals surface area contributed by atoms with Crippen molar-refractivity contribution in [2.75, 3.05) is 11.9 Å². The smallest absolute Gasteiger partial charge is 0.324 e. The molecule has 162 valence electrons. The summed E-state index contributed by atoms with van der Waals surface area (Å²) in [6, 6.07) is 19.7. The summed E-state index contributed by atoms with van der Waals surface area (Å²) in [7, 11) is 0. The first-order valence-electron chi connectivity index (χ1n) is 10.2. The van der Waals surface area contributed by atoms with Crippen molar-refractivity contribution in [2.24, 2.45) is 0 Å². The Kier molecular flexibility index (Phi) is 6.12. The van der Waals surface area contributed by atoms with E-state index in [9.17, 15) is 14.4 Å². The minimum Gasteiger partial charge on any atom is -0.470 e. The number of carbonyl (C=O) groups excluding carboxylic acids is 3. The van der Waals surface area contributed by atoms with Gasteiger partial charge in [0.15, 0.2) is 0 Å². The highest BCUT2D eigenvalue weighted by molar-refractivity contribution is 6.04. The van der Waals surface area contributed by atoms with Crippen molar-refractivity contribution in [3.63, 3.8) is 0 Å². The largest absolute Gasteiger partial charge is 0.470 e. The Labute approximate surface area is 185 Å². The number of aromatic nitrogens is 1. The maximum Gasteiger partial charge on any atom is 0.324 e. The number of urea groups is 1. The maximum atomic E-state index is 12.6. The molecule has 1 fully saturated rings. The third-order valence-electron chi connectivity index (χ3n) is 5.03. The van der Waals surface area contributed by atoms with Gasteiger partial charge in [-0.1, -0.05) is 42.5 Å². The summed E-state index contributed by atoms with van der Waals surface area (Å²) in [5.74, 6) is -0.180. The van der Waals surface area contributed by atoms with Crippen LogP contribution in [0.5, 0.6) is 5.88 Å². The molecule has 1 aliphatic heterocycles. The predicted molar refractivity (Wildman–Crippen MR) is 118 cm³/mol. The fraction of sp³-hybridized carbons (Fsp3) is 0.167. The van der Waals surface area contributed by atoms with Gasteiger partial charge < -0.3 is 15.4 Å². The van der Waals surface area contributed by atoms with Crippen molar-refractivity contribution >= 4 is 23.5 Å². The van der Waals surface area contributed by atoms with Gasteiger partial charge in [0.1, 0.15) is 6.10 Å². The summed E-state index contributed by atoms with van der Waals surface area (Å²) in [5.41, 5.74) is 2.69. The molecule has 4 rings (SSSR count). The van der Waals surface area contributed by atoms with Crippen LogP contribution in [0.4, 0.5) is 10.5 Å². The quantitative estimate of drug-likeness (QED) is 0.559. The molecule has 0 bridgehead atoms. The van der Waals surface area contributed by atoms with Crippen molar-refractivity contribution in [3.8, 4) is 5.88 Å². The number of anilines is 1. The van der Waals surface area contributed by atoms with Crippen LogP contribution < -0.4 is 15.4 Å². The molecular weight excluding hydrogens is 408 g/mol. The molecule has 0 spiro atoms. The van der Waals surface area contributed by atoms with Crippen LogP contribution in [-0.2, 0) is 11.3 Å². The lowest BCUT2D eigenvalue weighted by atomic mass is 10.1. The van der Waals surface area contributed by atoms with Gasteiger partial charge in [-0.05, 0) is 36.2 Å². The van der Waals surface area contributed by atoms with E-state index in [1.807, 2.05) is 37.3 Å². The zero-order chi connectivity index (χ0) is 22.5. The number of nitrogens with one attached hydrogen (secondary N) is 2. The number of pyridine rings is 1. The first kappa shape index (κ1) is 21.0. The van der Waals surface area contributed by atoms with E-state index in [4.69, 9.17) is 4.74 Å². The van der Waals surface area contributed by atoms with Gasteiger partial charge in [0.25, 0.3) is 5.91 Å². The van der Waals surface area contributed by atoms with Gasteiger partial charge in [-0.25, -0.2) is 9.78 Å². The molecule has 8 heteroatoms. The first-order chi connectivity index (χ1) is 15.5. The highest BCUT2D eigenvalue weighted by Gasteiger charge is 2.28. The van der Waals surface area contributed by atoms with E-state index in [2.05, 4.69) is 15.6 Å². The van der Waals surface area contributed by atoms with E-state index in [-0.39, 0.29) is 31.0 Å². The number of carbonyl (C=O) groups is 3. The minimum atomic E-state index is -0.417. The van der Waals surface area contributed by atoms with Crippen LogP contribution in [0.3, 0.4) is 0 Å². The Hall–Kier alpha value is -4.20. The van der Waals surface area contributed by atoms with Gasteiger partial charge in [-0.3, -0.25) is 14.5 Å². The number of nitrogens with zero attached hydrogens (tertiary/aromatic N) is 2. The predicted octanol–water partition coefficient (Wildman–Crippen LogP) is 3.53. The van der Waals surface area contributed by atoms with Gasteiger partial charge in [0.05, 0.1) is 18.7 Å². The third-order valence-corrected chi connectivity index (χ3v) is 5.03. The van der Waals surface area contributed by atoms with Gasteiger partial charge in [-0.15, -0.1) is 0 Å². The highest BCUT2D eigenvalue weighted by atomic mass is 16.5. The summed E-state index contributed by atoms with van der Waals surface area (Å²) in [6.07, 6.45) is 1.29. The van der Waals surface area contributed by atoms with Crippen molar-refractivity contribution in [2.45, 2.75) is 19.6 Å². The molecule has 0 radical (unpaired) electrons. The number of benzene rings is 2. The second-order valence-corrected chi connectivity index (χ2v) is 7.35. The summed E-state index contributed by atoms with van der Waals surface area (Å²) in [5, 5.41) is 5.29. The van der Waals surface area contributed by atoms with Crippen molar-refractivity contribution in [1.82, 2.24) is 15.2 Å². The van der Waals surface area contributed by atoms with Gasteiger partial charge in [0.2, 0.25) is 11.8 Å². The fourth-order valence-corrected chi connectivity index (χ4v) is 3.31. The number of imide groups is 1. The second-order valence-electron chi connectivity index (χ2n) is 7.35. The lowest BCUT2D eigenvalue weighted by molar-refractivity contribution is -0.125. The van der Waals surface area contributed by atoms with Crippen LogP contribution in [0.15, 0.2) is 72.9 Å². The average Bonchev–Trinajstić information content (AvgIpc) is 3.12. The van der Waals surface area contributed by atoms with Crippen LogP contribution in [0.1, 0.15) is 34.5 Å². The van der Waals surface area contributed by atoms with E-state index in [0.717, 1.165) is 16.0 Å². The Morgan fingerprint density at radius 1 is 1.12 bits per heavy atom. The molecule has 0 unspecified atom stereocenters. The standard InChI is InChI=1S/C24H22N4O4/c1-16(18-7-3-2-4-8-18)32-21-11-10-19(13-25-21)23(30)27-20-9-5-6-17(12-20)15-28-22(29)14-26-24(28)31/h2-13,16H,14-15H2,1H3,(H,26,31)(H,27,30)/t16-/m1/s1. The first-order valence-corrected chi connectivity index (χ1v) is 10.2. The Morgan fingerprint density at radius 3 is 2.62 bits per heavy atom. The number of rotatable bonds is 7. The molecule has 1 aromatic heterocycles. The average molecular weight is 430 g/mol. The highest BCUT2D eigenvalue weighted by Crippen LogP contribution is 2.20. The molecule has 1 atom stereocenters. The van der Waals surface area contributed by atoms with Crippen LogP contribution in [-0.4, -0.2) is 34.3 Å². The lowest BCUT2D eigenvalue weighted by Crippen LogP contribution is -2.30. The molecule has 1 aliphatic rings. The molecule has 8 nitrogen and oxygen atoms in total.